The smallest absolute Gasteiger partial charge is 0.227 e. The van der Waals surface area contributed by atoms with E-state index in [1.807, 2.05) is 18.3 Å². The van der Waals surface area contributed by atoms with Crippen molar-refractivity contribution in [3.63, 3.8) is 0 Å². The van der Waals surface area contributed by atoms with Crippen LogP contribution in [0.1, 0.15) is 30.5 Å². The van der Waals surface area contributed by atoms with Crippen molar-refractivity contribution in [3.8, 4) is 0 Å². The highest BCUT2D eigenvalue weighted by Gasteiger charge is 2.06. The van der Waals surface area contributed by atoms with Gasteiger partial charge in [0.05, 0.1) is 0 Å². The van der Waals surface area contributed by atoms with Crippen LogP contribution in [0.5, 0.6) is 0 Å². The first-order chi connectivity index (χ1) is 9.13. The largest absolute Gasteiger partial charge is 0.368 e. The summed E-state index contributed by atoms with van der Waals surface area (Å²) in [5, 5.41) is 5.38. The van der Waals surface area contributed by atoms with E-state index in [9.17, 15) is 0 Å². The van der Waals surface area contributed by atoms with Gasteiger partial charge in [0, 0.05) is 10.9 Å². The fourth-order valence-corrected chi connectivity index (χ4v) is 2.65. The molecule has 0 aromatic carbocycles. The van der Waals surface area contributed by atoms with E-state index in [0.717, 1.165) is 19.3 Å². The Labute approximate surface area is 117 Å². The quantitative estimate of drug-likeness (QED) is 0.849. The lowest BCUT2D eigenvalue weighted by molar-refractivity contribution is 0.653. The second-order valence-corrected chi connectivity index (χ2v) is 5.61. The zero-order chi connectivity index (χ0) is 13.7. The summed E-state index contributed by atoms with van der Waals surface area (Å²) < 4.78 is 0. The lowest BCUT2D eigenvalue weighted by Crippen LogP contribution is -2.18. The van der Waals surface area contributed by atoms with Crippen molar-refractivity contribution in [1.29, 1.82) is 0 Å². The molecule has 0 radical (unpaired) electrons. The van der Waals surface area contributed by atoms with Crippen LogP contribution in [0.3, 0.4) is 0 Å². The SMILES string of the molecule is Cc1nc(N)nc(NC(C)CCCc2cccs2)n1. The van der Waals surface area contributed by atoms with E-state index in [1.165, 1.54) is 4.88 Å². The molecule has 2 rings (SSSR count). The summed E-state index contributed by atoms with van der Waals surface area (Å²) in [6.07, 6.45) is 3.35. The molecule has 0 amide bonds. The average molecular weight is 277 g/mol. The highest BCUT2D eigenvalue weighted by molar-refractivity contribution is 7.09. The van der Waals surface area contributed by atoms with Crippen LogP contribution in [-0.2, 0) is 6.42 Å². The van der Waals surface area contributed by atoms with E-state index in [1.54, 1.807) is 0 Å². The predicted octanol–water partition coefficient (Wildman–Crippen LogP) is 2.65. The zero-order valence-electron chi connectivity index (χ0n) is 11.3. The lowest BCUT2D eigenvalue weighted by Gasteiger charge is -2.13. The molecule has 2 heterocycles. The summed E-state index contributed by atoms with van der Waals surface area (Å²) >= 11 is 1.81. The number of nitrogens with two attached hydrogens (primary N) is 1. The summed E-state index contributed by atoms with van der Waals surface area (Å²) in [5.41, 5.74) is 5.60. The van der Waals surface area contributed by atoms with Crippen LogP contribution in [0.25, 0.3) is 0 Å². The maximum absolute atomic E-state index is 5.60. The van der Waals surface area contributed by atoms with Gasteiger partial charge in [-0.1, -0.05) is 6.07 Å². The normalized spacial score (nSPS) is 12.3. The molecule has 0 fully saturated rings. The topological polar surface area (TPSA) is 76.7 Å². The molecule has 102 valence electrons. The summed E-state index contributed by atoms with van der Waals surface area (Å²) in [4.78, 5) is 13.7. The molecular formula is C13H19N5S. The molecule has 2 aromatic rings. The molecule has 3 N–H and O–H groups in total. The molecule has 2 aromatic heterocycles. The van der Waals surface area contributed by atoms with Crippen molar-refractivity contribution < 1.29 is 0 Å². The Morgan fingerprint density at radius 1 is 1.37 bits per heavy atom. The second-order valence-electron chi connectivity index (χ2n) is 4.58. The summed E-state index contributed by atoms with van der Waals surface area (Å²) in [6, 6.07) is 4.60. The lowest BCUT2D eigenvalue weighted by atomic mass is 10.1. The van der Waals surface area contributed by atoms with Crippen LogP contribution >= 0.6 is 11.3 Å². The number of thiophene rings is 1. The maximum atomic E-state index is 5.60. The number of aromatic nitrogens is 3. The molecule has 0 bridgehead atoms. The molecular weight excluding hydrogens is 258 g/mol. The third-order valence-corrected chi connectivity index (χ3v) is 3.72. The summed E-state index contributed by atoms with van der Waals surface area (Å²) in [7, 11) is 0. The van der Waals surface area contributed by atoms with E-state index < -0.39 is 0 Å². The molecule has 0 saturated carbocycles. The first kappa shape index (κ1) is 13.7. The van der Waals surface area contributed by atoms with Crippen LogP contribution in [0.2, 0.25) is 0 Å². The predicted molar refractivity (Wildman–Crippen MR) is 79.3 cm³/mol. The second kappa shape index (κ2) is 6.47. The third kappa shape index (κ3) is 4.48. The number of nitrogens with one attached hydrogen (secondary N) is 1. The van der Waals surface area contributed by atoms with Crippen LogP contribution in [-0.4, -0.2) is 21.0 Å². The van der Waals surface area contributed by atoms with Crippen molar-refractivity contribution >= 4 is 23.2 Å². The molecule has 0 aliphatic carbocycles. The van der Waals surface area contributed by atoms with Gasteiger partial charge in [0.25, 0.3) is 0 Å². The Bertz CT molecular complexity index is 492. The van der Waals surface area contributed by atoms with E-state index in [-0.39, 0.29) is 5.95 Å². The number of hydrogen-bond donors (Lipinski definition) is 2. The molecule has 0 aliphatic heterocycles. The van der Waals surface area contributed by atoms with Crippen LogP contribution < -0.4 is 11.1 Å². The Balaban J connectivity index is 1.78. The average Bonchev–Trinajstić information content (AvgIpc) is 2.80. The fraction of sp³-hybridized carbons (Fsp3) is 0.462. The van der Waals surface area contributed by atoms with Gasteiger partial charge < -0.3 is 11.1 Å². The number of anilines is 2. The van der Waals surface area contributed by atoms with Crippen molar-refractivity contribution in [2.24, 2.45) is 0 Å². The van der Waals surface area contributed by atoms with Gasteiger partial charge in [-0.3, -0.25) is 0 Å². The number of aryl methyl sites for hydroxylation is 2. The van der Waals surface area contributed by atoms with Crippen molar-refractivity contribution in [2.45, 2.75) is 39.2 Å². The van der Waals surface area contributed by atoms with Gasteiger partial charge in [0.1, 0.15) is 5.82 Å². The van der Waals surface area contributed by atoms with Crippen LogP contribution in [0, 0.1) is 6.92 Å². The molecule has 0 saturated heterocycles. The van der Waals surface area contributed by atoms with E-state index in [4.69, 9.17) is 5.73 Å². The number of hydrogen-bond acceptors (Lipinski definition) is 6. The summed E-state index contributed by atoms with van der Waals surface area (Å²) in [6.45, 7) is 3.94. The molecule has 6 heteroatoms. The van der Waals surface area contributed by atoms with Crippen molar-refractivity contribution in [3.05, 3.63) is 28.2 Å². The molecule has 1 unspecified atom stereocenters. The van der Waals surface area contributed by atoms with Gasteiger partial charge in [-0.2, -0.15) is 15.0 Å². The monoisotopic (exact) mass is 277 g/mol. The van der Waals surface area contributed by atoms with Gasteiger partial charge in [0.15, 0.2) is 0 Å². The van der Waals surface area contributed by atoms with Gasteiger partial charge in [-0.25, -0.2) is 0 Å². The highest BCUT2D eigenvalue weighted by atomic mass is 32.1. The van der Waals surface area contributed by atoms with Gasteiger partial charge in [0.2, 0.25) is 11.9 Å². The van der Waals surface area contributed by atoms with E-state index >= 15 is 0 Å². The Hall–Kier alpha value is -1.69. The van der Waals surface area contributed by atoms with Crippen molar-refractivity contribution in [1.82, 2.24) is 15.0 Å². The van der Waals surface area contributed by atoms with Crippen molar-refractivity contribution in [2.75, 3.05) is 11.1 Å². The van der Waals surface area contributed by atoms with Gasteiger partial charge in [-0.05, 0) is 44.6 Å². The minimum atomic E-state index is 0.265. The Morgan fingerprint density at radius 3 is 2.89 bits per heavy atom. The van der Waals surface area contributed by atoms with Gasteiger partial charge in [-0.15, -0.1) is 11.3 Å². The third-order valence-electron chi connectivity index (χ3n) is 2.78. The van der Waals surface area contributed by atoms with Gasteiger partial charge >= 0.3 is 0 Å². The number of nitrogens with zero attached hydrogens (tertiary/aromatic N) is 3. The van der Waals surface area contributed by atoms with Crippen LogP contribution in [0.4, 0.5) is 11.9 Å². The minimum Gasteiger partial charge on any atom is -0.368 e. The molecule has 5 nitrogen and oxygen atoms in total. The first-order valence-electron chi connectivity index (χ1n) is 6.40. The Morgan fingerprint density at radius 2 is 2.21 bits per heavy atom. The van der Waals surface area contributed by atoms with E-state index in [0.29, 0.717) is 17.8 Å². The Kier molecular flexibility index (Phi) is 4.68. The number of nitrogen functional groups attached to an aromatic ring is 1. The zero-order valence-corrected chi connectivity index (χ0v) is 12.1. The maximum Gasteiger partial charge on any atom is 0.227 e. The number of rotatable bonds is 6. The molecule has 1 atom stereocenters. The molecule has 19 heavy (non-hydrogen) atoms. The highest BCUT2D eigenvalue weighted by Crippen LogP contribution is 2.14. The standard InChI is InChI=1S/C13H19N5S/c1-9(5-3-6-11-7-4-8-19-11)15-13-17-10(2)16-12(14)18-13/h4,7-9H,3,5-6H2,1-2H3,(H3,14,15,16,17,18). The first-order valence-corrected chi connectivity index (χ1v) is 7.28. The van der Waals surface area contributed by atoms with E-state index in [2.05, 4.69) is 44.7 Å². The minimum absolute atomic E-state index is 0.265. The van der Waals surface area contributed by atoms with Crippen LogP contribution in [0.15, 0.2) is 17.5 Å². The molecule has 0 aliphatic rings. The molecule has 0 spiro atoms. The summed E-state index contributed by atoms with van der Waals surface area (Å²) in [5.74, 6) is 1.47. The fourth-order valence-electron chi connectivity index (χ4n) is 1.90.